The van der Waals surface area contributed by atoms with Gasteiger partial charge >= 0.3 is 0 Å². The van der Waals surface area contributed by atoms with Crippen LogP contribution >= 0.6 is 0 Å². The van der Waals surface area contributed by atoms with E-state index in [4.69, 9.17) is 4.74 Å². The molecule has 3 amide bonds. The van der Waals surface area contributed by atoms with Crippen LogP contribution in [0.25, 0.3) is 0 Å². The molecule has 3 fully saturated rings. The van der Waals surface area contributed by atoms with Crippen molar-refractivity contribution in [3.05, 3.63) is 71.8 Å². The molecule has 7 atom stereocenters. The normalized spacial score (nSPS) is 32.2. The zero-order valence-corrected chi connectivity index (χ0v) is 22.2. The van der Waals surface area contributed by atoms with Gasteiger partial charge in [0.1, 0.15) is 11.6 Å². The molecule has 8 nitrogen and oxygen atoms in total. The third-order valence-corrected chi connectivity index (χ3v) is 8.84. The summed E-state index contributed by atoms with van der Waals surface area (Å²) in [5.74, 6) is -2.46. The van der Waals surface area contributed by atoms with E-state index in [9.17, 15) is 19.5 Å². The fourth-order valence-electron chi connectivity index (χ4n) is 6.98. The van der Waals surface area contributed by atoms with Gasteiger partial charge in [-0.15, -0.1) is 0 Å². The Balaban J connectivity index is 1.57. The Kier molecular flexibility index (Phi) is 7.05. The third-order valence-electron chi connectivity index (χ3n) is 8.84. The first-order valence-corrected chi connectivity index (χ1v) is 13.6. The highest BCUT2D eigenvalue weighted by Gasteiger charge is 2.80. The zero-order valence-electron chi connectivity index (χ0n) is 22.2. The summed E-state index contributed by atoms with van der Waals surface area (Å²) in [7, 11) is 0. The van der Waals surface area contributed by atoms with Gasteiger partial charge in [-0.3, -0.25) is 14.4 Å². The molecule has 3 aliphatic heterocycles. The van der Waals surface area contributed by atoms with Crippen LogP contribution in [0.15, 0.2) is 60.7 Å². The molecule has 2 aromatic carbocycles. The van der Waals surface area contributed by atoms with Crippen LogP contribution in [0, 0.1) is 17.8 Å². The first-order valence-electron chi connectivity index (χ1n) is 13.6. The first kappa shape index (κ1) is 26.4. The summed E-state index contributed by atoms with van der Waals surface area (Å²) in [5.41, 5.74) is -0.380. The van der Waals surface area contributed by atoms with Gasteiger partial charge in [0.05, 0.1) is 30.1 Å². The summed E-state index contributed by atoms with van der Waals surface area (Å²) in [4.78, 5) is 43.4. The number of carbonyl (C=O) groups is 3. The minimum atomic E-state index is -1.16. The monoisotopic (exact) mass is 519 g/mol. The van der Waals surface area contributed by atoms with E-state index < -0.39 is 35.1 Å². The predicted octanol–water partition coefficient (Wildman–Crippen LogP) is 2.57. The van der Waals surface area contributed by atoms with Gasteiger partial charge < -0.3 is 25.4 Å². The van der Waals surface area contributed by atoms with Crippen molar-refractivity contribution in [3.8, 4) is 0 Å². The average Bonchev–Trinajstić information content (AvgIpc) is 3.44. The number of nitrogens with zero attached hydrogens (tertiary/aromatic N) is 1. The van der Waals surface area contributed by atoms with Gasteiger partial charge in [-0.2, -0.15) is 0 Å². The van der Waals surface area contributed by atoms with Crippen molar-refractivity contribution in [2.45, 2.75) is 63.4 Å². The molecular formula is C30H37N3O5. The van der Waals surface area contributed by atoms with Crippen molar-refractivity contribution in [1.29, 1.82) is 0 Å². The minimum absolute atomic E-state index is 0.0439. The van der Waals surface area contributed by atoms with Gasteiger partial charge in [0.15, 0.2) is 0 Å². The SMILES string of the molecule is CCCNC(=O)[C@@H]1[C@H]2C(=O)N([C@H](CO)c3ccccc3)C(C(=O)NCc3ccccc3)C23CC(C)[C@@]1(C)O3. The molecule has 0 aromatic heterocycles. The standard InChI is InChI=1S/C30H37N3O5/c1-4-15-31-26(35)23-24-28(37)33(22(18-34)21-13-9-6-10-14-21)25(30(24)16-19(2)29(23,3)38-30)27(36)32-17-20-11-7-5-8-12-20/h5-14,19,22-25,34H,4,15-18H2,1-3H3,(H,31,35)(H,32,36)/t19?,22-,23+,24+,25?,29-,30?/m1/s1. The molecule has 3 N–H and O–H groups in total. The van der Waals surface area contributed by atoms with Crippen LogP contribution in [-0.4, -0.2) is 58.1 Å². The second-order valence-corrected chi connectivity index (χ2v) is 11.1. The molecule has 2 bridgehead atoms. The number of likely N-dealkylation sites (tertiary alicyclic amines) is 1. The van der Waals surface area contributed by atoms with Gasteiger partial charge in [-0.25, -0.2) is 0 Å². The summed E-state index contributed by atoms with van der Waals surface area (Å²) in [6.07, 6.45) is 1.25. The van der Waals surface area contributed by atoms with Crippen molar-refractivity contribution < 1.29 is 24.2 Å². The first-order chi connectivity index (χ1) is 18.3. The van der Waals surface area contributed by atoms with E-state index in [1.807, 2.05) is 81.4 Å². The second-order valence-electron chi connectivity index (χ2n) is 11.1. The number of fused-ring (bicyclic) bond motifs is 1. The maximum absolute atomic E-state index is 14.3. The molecule has 2 aromatic rings. The lowest BCUT2D eigenvalue weighted by atomic mass is 9.62. The van der Waals surface area contributed by atoms with E-state index in [0.717, 1.165) is 17.5 Å². The molecule has 38 heavy (non-hydrogen) atoms. The number of aliphatic hydroxyl groups is 1. The molecule has 5 rings (SSSR count). The molecule has 0 radical (unpaired) electrons. The fraction of sp³-hybridized carbons (Fsp3) is 0.500. The Labute approximate surface area is 223 Å². The van der Waals surface area contributed by atoms with Crippen molar-refractivity contribution in [2.24, 2.45) is 17.8 Å². The van der Waals surface area contributed by atoms with Crippen molar-refractivity contribution in [2.75, 3.05) is 13.2 Å². The molecular weight excluding hydrogens is 482 g/mol. The lowest BCUT2D eigenvalue weighted by Gasteiger charge is -2.37. The third kappa shape index (κ3) is 4.01. The van der Waals surface area contributed by atoms with Crippen LogP contribution < -0.4 is 10.6 Å². The van der Waals surface area contributed by atoms with E-state index in [0.29, 0.717) is 19.5 Å². The summed E-state index contributed by atoms with van der Waals surface area (Å²) >= 11 is 0. The van der Waals surface area contributed by atoms with Crippen molar-refractivity contribution >= 4 is 17.7 Å². The maximum atomic E-state index is 14.3. The van der Waals surface area contributed by atoms with Crippen molar-refractivity contribution in [1.82, 2.24) is 15.5 Å². The predicted molar refractivity (Wildman–Crippen MR) is 141 cm³/mol. The largest absolute Gasteiger partial charge is 0.394 e. The Bertz CT molecular complexity index is 1190. The van der Waals surface area contributed by atoms with Crippen LogP contribution in [0.5, 0.6) is 0 Å². The number of hydrogen-bond acceptors (Lipinski definition) is 5. The van der Waals surface area contributed by atoms with E-state index in [1.54, 1.807) is 0 Å². The molecule has 3 aliphatic rings. The molecule has 0 saturated carbocycles. The zero-order chi connectivity index (χ0) is 27.1. The van der Waals surface area contributed by atoms with Gasteiger partial charge in [0.25, 0.3) is 0 Å². The van der Waals surface area contributed by atoms with Gasteiger partial charge in [0.2, 0.25) is 17.7 Å². The lowest BCUT2D eigenvalue weighted by Crippen LogP contribution is -2.56. The van der Waals surface area contributed by atoms with Crippen LogP contribution in [-0.2, 0) is 25.7 Å². The lowest BCUT2D eigenvalue weighted by molar-refractivity contribution is -0.151. The van der Waals surface area contributed by atoms with Crippen LogP contribution in [0.2, 0.25) is 0 Å². The summed E-state index contributed by atoms with van der Waals surface area (Å²) < 4.78 is 6.75. The van der Waals surface area contributed by atoms with Gasteiger partial charge in [-0.05, 0) is 36.8 Å². The molecule has 202 valence electrons. The van der Waals surface area contributed by atoms with Crippen LogP contribution in [0.3, 0.4) is 0 Å². The molecule has 8 heteroatoms. The Morgan fingerprint density at radius 3 is 2.37 bits per heavy atom. The number of amides is 3. The number of benzene rings is 2. The highest BCUT2D eigenvalue weighted by atomic mass is 16.5. The quantitative estimate of drug-likeness (QED) is 0.472. The number of rotatable bonds is 9. The fourth-order valence-corrected chi connectivity index (χ4v) is 6.98. The van der Waals surface area contributed by atoms with E-state index >= 15 is 0 Å². The number of carbonyl (C=O) groups excluding carboxylic acids is 3. The molecule has 3 saturated heterocycles. The molecule has 3 heterocycles. The van der Waals surface area contributed by atoms with Crippen molar-refractivity contribution in [3.63, 3.8) is 0 Å². The summed E-state index contributed by atoms with van der Waals surface area (Å²) in [5, 5.41) is 16.5. The van der Waals surface area contributed by atoms with Crippen LogP contribution in [0.4, 0.5) is 0 Å². The molecule has 3 unspecified atom stereocenters. The Hall–Kier alpha value is -3.23. The smallest absolute Gasteiger partial charge is 0.246 e. The Morgan fingerprint density at radius 1 is 1.08 bits per heavy atom. The minimum Gasteiger partial charge on any atom is -0.394 e. The summed E-state index contributed by atoms with van der Waals surface area (Å²) in [6, 6.07) is 17.1. The second kappa shape index (κ2) is 10.2. The number of ether oxygens (including phenoxy) is 1. The van der Waals surface area contributed by atoms with Gasteiger partial charge in [-0.1, -0.05) is 74.5 Å². The van der Waals surface area contributed by atoms with E-state index in [-0.39, 0.29) is 30.2 Å². The average molecular weight is 520 g/mol. The Morgan fingerprint density at radius 2 is 1.74 bits per heavy atom. The number of hydrogen-bond donors (Lipinski definition) is 3. The number of nitrogens with one attached hydrogen (secondary N) is 2. The van der Waals surface area contributed by atoms with Crippen LogP contribution in [0.1, 0.15) is 50.8 Å². The molecule has 1 spiro atoms. The summed E-state index contributed by atoms with van der Waals surface area (Å²) in [6.45, 7) is 6.34. The highest BCUT2D eigenvalue weighted by Crippen LogP contribution is 2.65. The maximum Gasteiger partial charge on any atom is 0.246 e. The van der Waals surface area contributed by atoms with E-state index in [2.05, 4.69) is 10.6 Å². The number of aliphatic hydroxyl groups excluding tert-OH is 1. The topological polar surface area (TPSA) is 108 Å². The highest BCUT2D eigenvalue weighted by molar-refractivity contribution is 5.99. The molecule has 0 aliphatic carbocycles. The van der Waals surface area contributed by atoms with Gasteiger partial charge in [0, 0.05) is 13.1 Å². The van der Waals surface area contributed by atoms with E-state index in [1.165, 1.54) is 4.90 Å².